The summed E-state index contributed by atoms with van der Waals surface area (Å²) in [5.74, 6) is 0.411. The number of anilines is 1. The summed E-state index contributed by atoms with van der Waals surface area (Å²) in [5, 5.41) is 0. The van der Waals surface area contributed by atoms with Crippen LogP contribution in [0.1, 0.15) is 31.7 Å². The second kappa shape index (κ2) is 8.88. The molecule has 0 aromatic heterocycles. The highest BCUT2D eigenvalue weighted by atomic mass is 32.2. The molecule has 0 atom stereocenters. The number of nitrogens with zero attached hydrogens (tertiary/aromatic N) is 4. The summed E-state index contributed by atoms with van der Waals surface area (Å²) in [6.07, 6.45) is 2.61. The molecule has 0 unspecified atom stereocenters. The van der Waals surface area contributed by atoms with Crippen LogP contribution in [0, 0.1) is 5.92 Å². The topological polar surface area (TPSA) is 81.2 Å². The van der Waals surface area contributed by atoms with E-state index in [9.17, 15) is 18.0 Å². The molecule has 4 rings (SSSR count). The molecule has 1 aromatic carbocycles. The summed E-state index contributed by atoms with van der Waals surface area (Å²) in [6, 6.07) is 5.08. The van der Waals surface area contributed by atoms with Crippen LogP contribution in [-0.4, -0.2) is 87.2 Å². The fourth-order valence-electron chi connectivity index (χ4n) is 4.80. The zero-order valence-electron chi connectivity index (χ0n) is 18.4. The third-order valence-corrected chi connectivity index (χ3v) is 8.75. The first kappa shape index (κ1) is 22.2. The van der Waals surface area contributed by atoms with E-state index < -0.39 is 10.0 Å². The Bertz CT molecular complexity index is 948. The number of likely N-dealkylation sites (N-methyl/N-ethyl adjacent to an activating group) is 1. The lowest BCUT2D eigenvalue weighted by Crippen LogP contribution is -2.48. The van der Waals surface area contributed by atoms with Crippen LogP contribution in [0.25, 0.3) is 0 Å². The molecule has 170 valence electrons. The maximum absolute atomic E-state index is 13.2. The Morgan fingerprint density at radius 3 is 2.32 bits per heavy atom. The predicted octanol–water partition coefficient (Wildman–Crippen LogP) is 1.16. The molecule has 1 aromatic rings. The van der Waals surface area contributed by atoms with Crippen molar-refractivity contribution in [1.82, 2.24) is 14.1 Å². The molecule has 0 bridgehead atoms. The van der Waals surface area contributed by atoms with Gasteiger partial charge in [-0.15, -0.1) is 0 Å². The van der Waals surface area contributed by atoms with E-state index in [1.807, 2.05) is 4.90 Å². The molecule has 0 spiro atoms. The van der Waals surface area contributed by atoms with Gasteiger partial charge in [-0.2, -0.15) is 4.31 Å². The maximum Gasteiger partial charge on any atom is 0.243 e. The Balaban J connectivity index is 1.35. The number of carbonyl (C=O) groups is 2. The van der Waals surface area contributed by atoms with Crippen LogP contribution in [0.3, 0.4) is 0 Å². The number of rotatable bonds is 4. The SMILES string of the molecule is CC(=O)N1CCc2cc(S(=O)(=O)N3CCC(CC(=O)N4CCN(C)CC4)CC3)ccc21. The van der Waals surface area contributed by atoms with Crippen LogP contribution in [-0.2, 0) is 26.0 Å². The van der Waals surface area contributed by atoms with E-state index in [1.54, 1.807) is 27.4 Å². The average Bonchev–Trinajstić information content (AvgIpc) is 3.18. The number of hydrogen-bond acceptors (Lipinski definition) is 5. The molecule has 3 aliphatic heterocycles. The lowest BCUT2D eigenvalue weighted by molar-refractivity contribution is -0.134. The average molecular weight is 449 g/mol. The summed E-state index contributed by atoms with van der Waals surface area (Å²) < 4.78 is 27.9. The Morgan fingerprint density at radius 2 is 1.68 bits per heavy atom. The minimum Gasteiger partial charge on any atom is -0.340 e. The number of piperidine rings is 1. The predicted molar refractivity (Wildman–Crippen MR) is 118 cm³/mol. The molecule has 2 fully saturated rings. The minimum absolute atomic E-state index is 0.0254. The highest BCUT2D eigenvalue weighted by molar-refractivity contribution is 7.89. The van der Waals surface area contributed by atoms with Gasteiger partial charge in [0.1, 0.15) is 0 Å². The fraction of sp³-hybridized carbons (Fsp3) is 0.636. The maximum atomic E-state index is 13.2. The molecular weight excluding hydrogens is 416 g/mol. The van der Waals surface area contributed by atoms with Gasteiger partial charge in [-0.1, -0.05) is 0 Å². The van der Waals surface area contributed by atoms with Crippen molar-refractivity contribution < 1.29 is 18.0 Å². The number of amides is 2. The summed E-state index contributed by atoms with van der Waals surface area (Å²) >= 11 is 0. The van der Waals surface area contributed by atoms with Crippen LogP contribution in [0.2, 0.25) is 0 Å². The first-order valence-electron chi connectivity index (χ1n) is 11.1. The number of benzene rings is 1. The number of piperazine rings is 1. The molecule has 0 N–H and O–H groups in total. The van der Waals surface area contributed by atoms with Crippen molar-refractivity contribution in [2.75, 3.05) is 57.8 Å². The van der Waals surface area contributed by atoms with Crippen molar-refractivity contribution in [3.63, 3.8) is 0 Å². The van der Waals surface area contributed by atoms with E-state index in [0.29, 0.717) is 50.2 Å². The van der Waals surface area contributed by atoms with E-state index in [4.69, 9.17) is 0 Å². The van der Waals surface area contributed by atoms with E-state index in [2.05, 4.69) is 11.9 Å². The van der Waals surface area contributed by atoms with Gasteiger partial charge in [0.25, 0.3) is 0 Å². The second-order valence-electron chi connectivity index (χ2n) is 8.95. The van der Waals surface area contributed by atoms with Crippen LogP contribution >= 0.6 is 0 Å². The minimum atomic E-state index is -3.57. The summed E-state index contributed by atoms with van der Waals surface area (Å²) in [6.45, 7) is 6.39. The van der Waals surface area contributed by atoms with Crippen molar-refractivity contribution in [3.05, 3.63) is 23.8 Å². The van der Waals surface area contributed by atoms with Crippen molar-refractivity contribution in [2.24, 2.45) is 5.92 Å². The van der Waals surface area contributed by atoms with Crippen molar-refractivity contribution in [2.45, 2.75) is 37.5 Å². The standard InChI is InChI=1S/C22H32N4O4S/c1-17(27)26-10-7-19-16-20(3-4-21(19)26)31(29,30)25-8-5-18(6-9-25)15-22(28)24-13-11-23(2)12-14-24/h3-4,16,18H,5-15H2,1-2H3. The Hall–Kier alpha value is -1.97. The Labute approximate surface area is 184 Å². The Morgan fingerprint density at radius 1 is 1.00 bits per heavy atom. The number of fused-ring (bicyclic) bond motifs is 1. The van der Waals surface area contributed by atoms with Crippen LogP contribution in [0.15, 0.2) is 23.1 Å². The van der Waals surface area contributed by atoms with Crippen molar-refractivity contribution in [3.8, 4) is 0 Å². The van der Waals surface area contributed by atoms with Gasteiger partial charge >= 0.3 is 0 Å². The van der Waals surface area contributed by atoms with Crippen molar-refractivity contribution in [1.29, 1.82) is 0 Å². The molecule has 8 nitrogen and oxygen atoms in total. The zero-order valence-corrected chi connectivity index (χ0v) is 19.2. The molecule has 2 amide bonds. The van der Waals surface area contributed by atoms with Gasteiger partial charge in [-0.05, 0) is 56.0 Å². The van der Waals surface area contributed by atoms with Gasteiger partial charge in [0.2, 0.25) is 21.8 Å². The quantitative estimate of drug-likeness (QED) is 0.691. The van der Waals surface area contributed by atoms with Crippen LogP contribution in [0.5, 0.6) is 0 Å². The highest BCUT2D eigenvalue weighted by Crippen LogP contribution is 2.32. The second-order valence-corrected chi connectivity index (χ2v) is 10.9. The summed E-state index contributed by atoms with van der Waals surface area (Å²) in [5.41, 5.74) is 1.72. The number of carbonyl (C=O) groups excluding carboxylic acids is 2. The lowest BCUT2D eigenvalue weighted by atomic mass is 9.94. The van der Waals surface area contributed by atoms with Crippen molar-refractivity contribution >= 4 is 27.5 Å². The molecule has 3 aliphatic rings. The summed E-state index contributed by atoms with van der Waals surface area (Å²) in [4.78, 5) is 30.5. The van der Waals surface area contributed by atoms with Gasteiger partial charge in [-0.3, -0.25) is 9.59 Å². The van der Waals surface area contributed by atoms with Gasteiger partial charge in [0.05, 0.1) is 4.90 Å². The van der Waals surface area contributed by atoms with Crippen LogP contribution < -0.4 is 4.90 Å². The zero-order chi connectivity index (χ0) is 22.2. The first-order valence-corrected chi connectivity index (χ1v) is 12.6. The molecule has 0 aliphatic carbocycles. The monoisotopic (exact) mass is 448 g/mol. The largest absolute Gasteiger partial charge is 0.340 e. The smallest absolute Gasteiger partial charge is 0.243 e. The van der Waals surface area contributed by atoms with E-state index in [0.717, 1.165) is 37.4 Å². The fourth-order valence-corrected chi connectivity index (χ4v) is 6.32. The molecule has 2 saturated heterocycles. The van der Waals surface area contributed by atoms with E-state index >= 15 is 0 Å². The third-order valence-electron chi connectivity index (χ3n) is 6.86. The molecular formula is C22H32N4O4S. The normalized spacial score (nSPS) is 21.4. The van der Waals surface area contributed by atoms with Gasteiger partial charge in [0.15, 0.2) is 0 Å². The lowest BCUT2D eigenvalue weighted by Gasteiger charge is -2.35. The molecule has 0 saturated carbocycles. The Kier molecular flexibility index (Phi) is 6.37. The van der Waals surface area contributed by atoms with E-state index in [-0.39, 0.29) is 17.7 Å². The number of hydrogen-bond donors (Lipinski definition) is 0. The number of sulfonamides is 1. The molecule has 9 heteroatoms. The highest BCUT2D eigenvalue weighted by Gasteiger charge is 2.32. The first-order chi connectivity index (χ1) is 14.8. The third kappa shape index (κ3) is 4.63. The van der Waals surface area contributed by atoms with Crippen LogP contribution in [0.4, 0.5) is 5.69 Å². The molecule has 0 radical (unpaired) electrons. The molecule has 31 heavy (non-hydrogen) atoms. The van der Waals surface area contributed by atoms with Gasteiger partial charge in [-0.25, -0.2) is 8.42 Å². The van der Waals surface area contributed by atoms with Gasteiger partial charge < -0.3 is 14.7 Å². The summed E-state index contributed by atoms with van der Waals surface area (Å²) in [7, 11) is -1.50. The van der Waals surface area contributed by atoms with E-state index in [1.165, 1.54) is 6.92 Å². The van der Waals surface area contributed by atoms with Gasteiger partial charge in [0, 0.05) is 64.8 Å². The molecule has 3 heterocycles.